The molecule has 214 valence electrons. The first kappa shape index (κ1) is 30.5. The lowest BCUT2D eigenvalue weighted by atomic mass is 10.0. The zero-order valence-electron chi connectivity index (χ0n) is 24.0. The highest BCUT2D eigenvalue weighted by molar-refractivity contribution is 5.95. The van der Waals surface area contributed by atoms with Gasteiger partial charge >= 0.3 is 5.97 Å². The first-order chi connectivity index (χ1) is 18.9. The first-order valence-corrected chi connectivity index (χ1v) is 13.6. The molecule has 0 unspecified atom stereocenters. The predicted octanol–water partition coefficient (Wildman–Crippen LogP) is 6.33. The number of hydrogen-bond acceptors (Lipinski definition) is 6. The topological polar surface area (TPSA) is 103 Å². The van der Waals surface area contributed by atoms with Crippen molar-refractivity contribution in [2.24, 2.45) is 5.92 Å². The lowest BCUT2D eigenvalue weighted by Crippen LogP contribution is -2.39. The molecule has 1 aromatic heterocycles. The maximum absolute atomic E-state index is 13.6. The molecule has 0 bridgehead atoms. The molecule has 0 saturated heterocycles. The minimum Gasteiger partial charge on any atom is -0.507 e. The Morgan fingerprint density at radius 1 is 1.20 bits per heavy atom. The molecule has 1 heterocycles. The number of ether oxygens (including phenoxy) is 2. The fourth-order valence-corrected chi connectivity index (χ4v) is 4.17. The quantitative estimate of drug-likeness (QED) is 0.182. The van der Waals surface area contributed by atoms with E-state index in [1.165, 1.54) is 29.0 Å². The Labute approximate surface area is 234 Å². The summed E-state index contributed by atoms with van der Waals surface area (Å²) in [5, 5.41) is 18.3. The van der Waals surface area contributed by atoms with Gasteiger partial charge in [-0.3, -0.25) is 9.59 Å². The van der Waals surface area contributed by atoms with E-state index in [1.807, 2.05) is 20.8 Å². The van der Waals surface area contributed by atoms with Gasteiger partial charge in [-0.25, -0.2) is 4.68 Å². The highest BCUT2D eigenvalue weighted by Crippen LogP contribution is 2.39. The molecule has 0 radical (unpaired) electrons. The Kier molecular flexibility index (Phi) is 10.2. The minimum absolute atomic E-state index is 0.00431. The van der Waals surface area contributed by atoms with Gasteiger partial charge in [0.1, 0.15) is 22.8 Å². The number of aromatic nitrogens is 2. The van der Waals surface area contributed by atoms with Crippen molar-refractivity contribution in [1.29, 1.82) is 0 Å². The van der Waals surface area contributed by atoms with E-state index in [4.69, 9.17) is 9.47 Å². The third-order valence-electron chi connectivity index (χ3n) is 5.81. The van der Waals surface area contributed by atoms with Gasteiger partial charge in [-0.15, -0.1) is 0 Å². The van der Waals surface area contributed by atoms with Crippen molar-refractivity contribution in [3.05, 3.63) is 59.4 Å². The van der Waals surface area contributed by atoms with Gasteiger partial charge in [0.2, 0.25) is 0 Å². The second kappa shape index (κ2) is 13.3. The molecule has 8 nitrogen and oxygen atoms in total. The third-order valence-corrected chi connectivity index (χ3v) is 5.81. The minimum atomic E-state index is -0.644. The number of halogens is 1. The monoisotopic (exact) mass is 551 g/mol. The van der Waals surface area contributed by atoms with Crippen LogP contribution in [0.3, 0.4) is 0 Å². The van der Waals surface area contributed by atoms with Gasteiger partial charge in [0.05, 0.1) is 24.3 Å². The number of esters is 1. The van der Waals surface area contributed by atoms with Gasteiger partial charge in [0.25, 0.3) is 5.91 Å². The molecule has 0 saturated carbocycles. The number of phenolic OH excluding ortho intramolecular Hbond substituents is 1. The summed E-state index contributed by atoms with van der Waals surface area (Å²) < 4.78 is 26.4. The summed E-state index contributed by atoms with van der Waals surface area (Å²) in [6.45, 7) is 11.9. The number of allylic oxidation sites excluding steroid dienone is 4. The van der Waals surface area contributed by atoms with Crippen LogP contribution in [0.5, 0.6) is 11.5 Å². The summed E-state index contributed by atoms with van der Waals surface area (Å²) in [5.41, 5.74) is 5.47. The van der Waals surface area contributed by atoms with Crippen LogP contribution in [0.15, 0.2) is 53.7 Å². The molecular weight excluding hydrogens is 513 g/mol. The molecule has 0 spiro atoms. The summed E-state index contributed by atoms with van der Waals surface area (Å²) in [4.78, 5) is 26.0. The van der Waals surface area contributed by atoms with Crippen molar-refractivity contribution in [3.63, 3.8) is 0 Å². The summed E-state index contributed by atoms with van der Waals surface area (Å²) in [5.74, 6) is -0.978. The van der Waals surface area contributed by atoms with Crippen LogP contribution in [0, 0.1) is 5.92 Å². The largest absolute Gasteiger partial charge is 0.507 e. The number of carbonyl (C=O) groups excluding carboxylic acids is 2. The van der Waals surface area contributed by atoms with E-state index in [-0.39, 0.29) is 23.8 Å². The smallest absolute Gasteiger partial charge is 0.308 e. The van der Waals surface area contributed by atoms with Crippen LogP contribution in [0.25, 0.3) is 17.0 Å². The highest BCUT2D eigenvalue weighted by atomic mass is 19.1. The summed E-state index contributed by atoms with van der Waals surface area (Å²) in [7, 11) is 0. The predicted molar refractivity (Wildman–Crippen MR) is 151 cm³/mol. The highest BCUT2D eigenvalue weighted by Gasteiger charge is 2.26. The lowest BCUT2D eigenvalue weighted by Gasteiger charge is -2.23. The van der Waals surface area contributed by atoms with Gasteiger partial charge in [-0.05, 0) is 81.3 Å². The molecule has 9 heteroatoms. The molecule has 40 heavy (non-hydrogen) atoms. The number of nitrogens with zero attached hydrogens (tertiary/aromatic N) is 2. The van der Waals surface area contributed by atoms with Crippen molar-refractivity contribution in [2.45, 2.75) is 78.9 Å². The van der Waals surface area contributed by atoms with E-state index in [0.717, 1.165) is 12.8 Å². The summed E-state index contributed by atoms with van der Waals surface area (Å²) in [6, 6.07) is 5.94. The van der Waals surface area contributed by atoms with Crippen molar-refractivity contribution < 1.29 is 28.6 Å². The summed E-state index contributed by atoms with van der Waals surface area (Å²) in [6.07, 6.45) is 4.96. The van der Waals surface area contributed by atoms with Gasteiger partial charge in [0, 0.05) is 6.04 Å². The number of nitrogens with one attached hydrogen (secondary N) is 1. The Bertz CT molecular complexity index is 1370. The fraction of sp³-hybridized carbons (Fsp3) is 0.452. The maximum Gasteiger partial charge on any atom is 0.308 e. The average molecular weight is 552 g/mol. The lowest BCUT2D eigenvalue weighted by molar-refractivity contribution is -0.155. The molecule has 1 atom stereocenters. The van der Waals surface area contributed by atoms with E-state index in [1.54, 1.807) is 32.9 Å². The van der Waals surface area contributed by atoms with Crippen molar-refractivity contribution in [3.8, 4) is 22.8 Å². The average Bonchev–Trinajstić information content (AvgIpc) is 3.28. The first-order valence-electron chi connectivity index (χ1n) is 13.6. The van der Waals surface area contributed by atoms with Crippen LogP contribution < -0.4 is 10.1 Å². The molecule has 0 fully saturated rings. The van der Waals surface area contributed by atoms with Gasteiger partial charge < -0.3 is 19.9 Å². The Balaban J connectivity index is 2.03. The maximum atomic E-state index is 13.6. The second-order valence-corrected chi connectivity index (χ2v) is 11.1. The van der Waals surface area contributed by atoms with Crippen LogP contribution in [0.4, 0.5) is 4.39 Å². The molecule has 1 aliphatic carbocycles. The zero-order valence-corrected chi connectivity index (χ0v) is 24.0. The van der Waals surface area contributed by atoms with Crippen molar-refractivity contribution in [2.75, 3.05) is 6.61 Å². The molecular formula is C31H38FN3O5. The van der Waals surface area contributed by atoms with Crippen LogP contribution in [-0.2, 0) is 9.53 Å². The van der Waals surface area contributed by atoms with Gasteiger partial charge in [-0.2, -0.15) is 9.49 Å². The Morgan fingerprint density at radius 3 is 2.58 bits per heavy atom. The number of benzene rings is 1. The number of rotatable bonds is 12. The van der Waals surface area contributed by atoms with E-state index >= 15 is 0 Å². The van der Waals surface area contributed by atoms with E-state index in [0.29, 0.717) is 35.7 Å². The van der Waals surface area contributed by atoms with E-state index in [9.17, 15) is 19.1 Å². The standard InChI is InChI=1S/C31H38FN3O5/c1-7-8-16-39-27-11-9-10-26(36)29(27)25-19-24(34-35(25)23-14-12-21(32)13-15-23)30(38)33-22(17-20(2)3)18-28(37)40-31(4,5)6/h9-12,14,19-20,22,36H,7-8,16-18H2,1-6H3,(H,33,38)/t22-/m0/s1. The Hall–Kier alpha value is -4.06. The van der Waals surface area contributed by atoms with Crippen molar-refractivity contribution >= 4 is 17.6 Å². The number of phenols is 1. The Morgan fingerprint density at radius 2 is 1.95 bits per heavy atom. The molecule has 1 aliphatic rings. The third kappa shape index (κ3) is 8.47. The molecule has 2 aromatic rings. The van der Waals surface area contributed by atoms with Gasteiger partial charge in [0.15, 0.2) is 11.5 Å². The molecule has 3 rings (SSSR count). The zero-order chi connectivity index (χ0) is 29.4. The normalized spacial score (nSPS) is 13.6. The number of aromatic hydroxyl groups is 1. The van der Waals surface area contributed by atoms with E-state index < -0.39 is 29.3 Å². The van der Waals surface area contributed by atoms with Crippen LogP contribution in [-0.4, -0.2) is 45.0 Å². The van der Waals surface area contributed by atoms with Crippen LogP contribution >= 0.6 is 0 Å². The van der Waals surface area contributed by atoms with Crippen molar-refractivity contribution in [1.82, 2.24) is 15.1 Å². The number of carbonyl (C=O) groups is 2. The molecule has 1 amide bonds. The molecule has 2 N–H and O–H groups in total. The second-order valence-electron chi connectivity index (χ2n) is 11.1. The van der Waals surface area contributed by atoms with Crippen LogP contribution in [0.1, 0.15) is 77.7 Å². The molecule has 0 aliphatic heterocycles. The SMILES string of the molecule is CCCCOc1cccc(O)c1-c1cc(C(=O)N[C@H](CC(=O)OC(C)(C)C)CC(C)C)nn1C1=C=C=C(F)C=C1. The number of amides is 1. The van der Waals surface area contributed by atoms with E-state index in [2.05, 4.69) is 21.9 Å². The molecule has 1 aromatic carbocycles. The number of hydrogen-bond donors (Lipinski definition) is 2. The number of unbranched alkanes of at least 4 members (excludes halogenated alkanes) is 1. The summed E-state index contributed by atoms with van der Waals surface area (Å²) >= 11 is 0. The fourth-order valence-electron chi connectivity index (χ4n) is 4.17. The van der Waals surface area contributed by atoms with Gasteiger partial charge in [-0.1, -0.05) is 33.3 Å². The van der Waals surface area contributed by atoms with Crippen LogP contribution in [0.2, 0.25) is 0 Å².